The minimum atomic E-state index is -1.03. The highest BCUT2D eigenvalue weighted by molar-refractivity contribution is 7.99. The van der Waals surface area contributed by atoms with E-state index in [1.165, 1.54) is 83.1 Å². The van der Waals surface area contributed by atoms with Gasteiger partial charge in [0.25, 0.3) is 0 Å². The molecule has 4 atom stereocenters. The van der Waals surface area contributed by atoms with E-state index in [1.807, 2.05) is 0 Å². The fourth-order valence-electron chi connectivity index (χ4n) is 5.16. The predicted molar refractivity (Wildman–Crippen MR) is 181 cm³/mol. The van der Waals surface area contributed by atoms with Gasteiger partial charge in [-0.1, -0.05) is 90.4 Å². The summed E-state index contributed by atoms with van der Waals surface area (Å²) in [4.78, 5) is 37.3. The van der Waals surface area contributed by atoms with Crippen molar-refractivity contribution in [2.75, 3.05) is 18.6 Å². The number of hydrogen-bond donors (Lipinski definition) is 4. The van der Waals surface area contributed by atoms with E-state index in [-0.39, 0.29) is 23.8 Å². The molecule has 0 saturated heterocycles. The number of methoxy groups -OCH3 is 1. The van der Waals surface area contributed by atoms with Gasteiger partial charge in [-0.2, -0.15) is 11.8 Å². The number of aromatic hydroxyl groups is 2. The lowest BCUT2D eigenvalue weighted by atomic mass is 9.91. The van der Waals surface area contributed by atoms with Crippen LogP contribution in [0.2, 0.25) is 0 Å². The van der Waals surface area contributed by atoms with E-state index in [1.54, 1.807) is 17.8 Å². The summed E-state index contributed by atoms with van der Waals surface area (Å²) in [6.45, 7) is 12.9. The molecule has 44 heavy (non-hydrogen) atoms. The number of phenolic OH excluding ortho intramolecular Hbond substituents is 2. The van der Waals surface area contributed by atoms with Gasteiger partial charge in [-0.05, 0) is 55.2 Å². The molecule has 0 aromatic heterocycles. The number of hydrogen-bond acceptors (Lipinski definition) is 7. The second-order valence-electron chi connectivity index (χ2n) is 12.8. The third kappa shape index (κ3) is 17.6. The average Bonchev–Trinajstić information content (AvgIpc) is 2.95. The van der Waals surface area contributed by atoms with E-state index in [0.717, 1.165) is 24.2 Å². The highest BCUT2D eigenvalue weighted by Gasteiger charge is 2.27. The van der Waals surface area contributed by atoms with Crippen LogP contribution in [0.15, 0.2) is 29.8 Å². The van der Waals surface area contributed by atoms with Gasteiger partial charge in [-0.15, -0.1) is 0 Å². The summed E-state index contributed by atoms with van der Waals surface area (Å²) in [5.41, 5.74) is 1.85. The molecular formula is C35H58N2O6S. The Morgan fingerprint density at radius 3 is 2.05 bits per heavy atom. The maximum absolute atomic E-state index is 13.1. The van der Waals surface area contributed by atoms with Crippen molar-refractivity contribution >= 4 is 29.5 Å². The summed E-state index contributed by atoms with van der Waals surface area (Å²) < 4.78 is 4.85. The number of ether oxygens (including phenoxy) is 1. The van der Waals surface area contributed by atoms with Crippen molar-refractivity contribution in [2.45, 2.75) is 118 Å². The lowest BCUT2D eigenvalue weighted by Gasteiger charge is -2.22. The lowest BCUT2D eigenvalue weighted by Crippen LogP contribution is -2.53. The molecule has 0 saturated carbocycles. The zero-order chi connectivity index (χ0) is 33.1. The van der Waals surface area contributed by atoms with Gasteiger partial charge in [0, 0.05) is 24.9 Å². The zero-order valence-electron chi connectivity index (χ0n) is 28.1. The van der Waals surface area contributed by atoms with Gasteiger partial charge in [0.15, 0.2) is 11.5 Å². The molecule has 2 amide bonds. The molecule has 0 aliphatic heterocycles. The Labute approximate surface area is 270 Å². The molecule has 1 aromatic rings. The second-order valence-corrected chi connectivity index (χ2v) is 13.9. The first-order valence-electron chi connectivity index (χ1n) is 16.2. The largest absolute Gasteiger partial charge is 0.504 e. The number of phenols is 2. The molecule has 0 bridgehead atoms. The van der Waals surface area contributed by atoms with Crippen LogP contribution in [0, 0.1) is 17.8 Å². The molecule has 4 unspecified atom stereocenters. The highest BCUT2D eigenvalue weighted by atomic mass is 32.2. The Kier molecular flexibility index (Phi) is 19.6. The van der Waals surface area contributed by atoms with E-state index in [4.69, 9.17) is 4.74 Å². The summed E-state index contributed by atoms with van der Waals surface area (Å²) in [5.74, 6) is 1.34. The smallest absolute Gasteiger partial charge is 0.328 e. The van der Waals surface area contributed by atoms with E-state index in [9.17, 15) is 24.6 Å². The Bertz CT molecular complexity index is 1040. The van der Waals surface area contributed by atoms with Crippen molar-refractivity contribution in [3.05, 3.63) is 35.4 Å². The zero-order valence-corrected chi connectivity index (χ0v) is 28.9. The van der Waals surface area contributed by atoms with Crippen LogP contribution >= 0.6 is 11.8 Å². The Hall–Kier alpha value is -2.68. The Morgan fingerprint density at radius 1 is 0.864 bits per heavy atom. The predicted octanol–water partition coefficient (Wildman–Crippen LogP) is 6.92. The highest BCUT2D eigenvalue weighted by Crippen LogP contribution is 2.26. The minimum absolute atomic E-state index is 0.0459. The first-order chi connectivity index (χ1) is 20.8. The molecule has 0 aliphatic carbocycles. The topological polar surface area (TPSA) is 125 Å². The molecule has 1 aromatic carbocycles. The monoisotopic (exact) mass is 634 g/mol. The van der Waals surface area contributed by atoms with Crippen molar-refractivity contribution in [3.8, 4) is 11.5 Å². The maximum atomic E-state index is 13.1. The fraction of sp³-hybridized carbons (Fsp3) is 0.686. The van der Waals surface area contributed by atoms with E-state index in [2.05, 4.69) is 51.3 Å². The maximum Gasteiger partial charge on any atom is 0.328 e. The van der Waals surface area contributed by atoms with Gasteiger partial charge in [0.2, 0.25) is 11.8 Å². The number of allylic oxidation sites excluding steroid dienone is 1. The van der Waals surface area contributed by atoms with Crippen molar-refractivity contribution in [1.82, 2.24) is 10.6 Å². The van der Waals surface area contributed by atoms with Crippen LogP contribution in [0.4, 0.5) is 0 Å². The first kappa shape index (κ1) is 39.3. The number of benzene rings is 1. The van der Waals surface area contributed by atoms with Crippen LogP contribution in [0.25, 0.3) is 0 Å². The van der Waals surface area contributed by atoms with E-state index >= 15 is 0 Å². The lowest BCUT2D eigenvalue weighted by molar-refractivity contribution is -0.145. The summed E-state index contributed by atoms with van der Waals surface area (Å²) in [7, 11) is 1.23. The van der Waals surface area contributed by atoms with Crippen LogP contribution in [-0.4, -0.2) is 58.7 Å². The van der Waals surface area contributed by atoms with E-state index in [0.29, 0.717) is 17.1 Å². The van der Waals surface area contributed by atoms with Crippen LogP contribution in [0.5, 0.6) is 11.5 Å². The van der Waals surface area contributed by atoms with Crippen molar-refractivity contribution < 1.29 is 29.3 Å². The molecule has 0 aliphatic rings. The molecule has 0 spiro atoms. The molecular weight excluding hydrogens is 576 g/mol. The number of nitrogens with one attached hydrogen (secondary N) is 2. The number of carbonyl (C=O) groups is 3. The third-order valence-electron chi connectivity index (χ3n) is 7.95. The second kappa shape index (κ2) is 21.9. The number of carbonyl (C=O) groups excluding carboxylic acids is 3. The molecule has 0 fully saturated rings. The summed E-state index contributed by atoms with van der Waals surface area (Å²) in [6, 6.07) is 2.33. The molecule has 9 heteroatoms. The number of rotatable bonds is 22. The van der Waals surface area contributed by atoms with Gasteiger partial charge < -0.3 is 25.6 Å². The molecule has 250 valence electrons. The quantitative estimate of drug-likeness (QED) is 0.0472. The number of esters is 1. The van der Waals surface area contributed by atoms with Crippen LogP contribution < -0.4 is 10.6 Å². The SMILES string of the molecule is COC(=O)C(Cc1ccc(O)c(O)c1)NC(=O)C(CSC/C=C(\C)CCCC(C)CCCC(C)CCCC(C)C)NC(C)=O. The van der Waals surface area contributed by atoms with Gasteiger partial charge in [0.05, 0.1) is 7.11 Å². The van der Waals surface area contributed by atoms with Gasteiger partial charge in [0.1, 0.15) is 12.1 Å². The molecule has 8 nitrogen and oxygen atoms in total. The minimum Gasteiger partial charge on any atom is -0.504 e. The molecule has 4 N–H and O–H groups in total. The molecule has 1 rings (SSSR count). The molecule has 0 radical (unpaired) electrons. The van der Waals surface area contributed by atoms with Crippen LogP contribution in [0.3, 0.4) is 0 Å². The number of amides is 2. The van der Waals surface area contributed by atoms with Crippen LogP contribution in [0.1, 0.15) is 105 Å². The fourth-order valence-corrected chi connectivity index (χ4v) is 6.17. The van der Waals surface area contributed by atoms with E-state index < -0.39 is 24.0 Å². The first-order valence-corrected chi connectivity index (χ1v) is 17.4. The summed E-state index contributed by atoms with van der Waals surface area (Å²) in [6.07, 6.45) is 13.7. The normalized spacial score (nSPS) is 14.5. The summed E-state index contributed by atoms with van der Waals surface area (Å²) in [5, 5.41) is 24.7. The van der Waals surface area contributed by atoms with Gasteiger partial charge >= 0.3 is 5.97 Å². The Balaban J connectivity index is 2.48. The van der Waals surface area contributed by atoms with Crippen LogP contribution in [-0.2, 0) is 25.5 Å². The summed E-state index contributed by atoms with van der Waals surface area (Å²) >= 11 is 1.54. The third-order valence-corrected chi connectivity index (χ3v) is 8.92. The molecule has 0 heterocycles. The average molecular weight is 635 g/mol. The van der Waals surface area contributed by atoms with Crippen molar-refractivity contribution in [2.24, 2.45) is 17.8 Å². The van der Waals surface area contributed by atoms with Crippen molar-refractivity contribution in [3.63, 3.8) is 0 Å². The van der Waals surface area contributed by atoms with Gasteiger partial charge in [-0.25, -0.2) is 4.79 Å². The Morgan fingerprint density at radius 2 is 1.48 bits per heavy atom. The number of thioether (sulfide) groups is 1. The standard InChI is InChI=1S/C35H58N2O6S/c1-24(2)11-8-12-25(3)13-9-14-26(4)15-10-16-27(5)19-20-44-23-31(36-28(6)38)34(41)37-30(35(42)43-7)21-29-17-18-32(39)33(40)22-29/h17-19,22,24-26,30-31,39-40H,8-16,20-21,23H2,1-7H3,(H,36,38)(H,37,41)/b27-19+. The van der Waals surface area contributed by atoms with Gasteiger partial charge in [-0.3, -0.25) is 9.59 Å². The van der Waals surface area contributed by atoms with Crippen molar-refractivity contribution in [1.29, 1.82) is 0 Å².